The second-order valence-electron chi connectivity index (χ2n) is 3.94. The van der Waals surface area contributed by atoms with Gasteiger partial charge in [0, 0.05) is 17.6 Å². The molecule has 0 aromatic heterocycles. The normalized spacial score (nSPS) is 10.6. The first-order valence-electron chi connectivity index (χ1n) is 6.05. The van der Waals surface area contributed by atoms with E-state index in [9.17, 15) is 0 Å². The lowest BCUT2D eigenvalue weighted by atomic mass is 10.1. The topological polar surface area (TPSA) is 36.4 Å². The van der Waals surface area contributed by atoms with Gasteiger partial charge in [-0.1, -0.05) is 28.1 Å². The number of nitrogens with zero attached hydrogens (tertiary/aromatic N) is 1. The average Bonchev–Trinajstić information content (AvgIpc) is 2.34. The van der Waals surface area contributed by atoms with Crippen LogP contribution in [-0.2, 0) is 6.54 Å². The maximum Gasteiger partial charge on any atom is 0.191 e. The molecule has 0 bridgehead atoms. The van der Waals surface area contributed by atoms with Crippen LogP contribution in [0.1, 0.15) is 18.1 Å². The number of halogens is 2. The summed E-state index contributed by atoms with van der Waals surface area (Å²) in [5.74, 6) is 0.819. The fourth-order valence-electron chi connectivity index (χ4n) is 1.51. The Balaban J connectivity index is 0.00000324. The van der Waals surface area contributed by atoms with E-state index in [-0.39, 0.29) is 24.0 Å². The Morgan fingerprint density at radius 3 is 2.74 bits per heavy atom. The first kappa shape index (κ1) is 18.4. The van der Waals surface area contributed by atoms with Gasteiger partial charge in [-0.15, -0.1) is 30.6 Å². The number of nitrogens with one attached hydrogen (secondary N) is 2. The molecule has 0 amide bonds. The third-order valence-electron chi connectivity index (χ3n) is 2.47. The van der Waals surface area contributed by atoms with Crippen molar-refractivity contribution < 1.29 is 0 Å². The van der Waals surface area contributed by atoms with Crippen LogP contribution < -0.4 is 10.6 Å². The Kier molecular flexibility index (Phi) is 9.95. The van der Waals surface area contributed by atoms with Gasteiger partial charge in [0.1, 0.15) is 0 Å². The van der Waals surface area contributed by atoms with E-state index in [0.717, 1.165) is 17.0 Å². The van der Waals surface area contributed by atoms with Crippen LogP contribution in [0.4, 0.5) is 0 Å². The van der Waals surface area contributed by atoms with E-state index in [1.165, 1.54) is 11.1 Å². The van der Waals surface area contributed by atoms with Crippen molar-refractivity contribution in [2.24, 2.45) is 4.99 Å². The summed E-state index contributed by atoms with van der Waals surface area (Å²) in [7, 11) is 0. The van der Waals surface area contributed by atoms with Gasteiger partial charge in [0.15, 0.2) is 5.96 Å². The summed E-state index contributed by atoms with van der Waals surface area (Å²) in [5, 5.41) is 6.38. The molecular weight excluding hydrogens is 417 g/mol. The van der Waals surface area contributed by atoms with Crippen molar-refractivity contribution in [3.05, 3.63) is 46.5 Å². The first-order chi connectivity index (χ1) is 8.67. The summed E-state index contributed by atoms with van der Waals surface area (Å²) in [6.45, 7) is 10.1. The van der Waals surface area contributed by atoms with E-state index in [0.29, 0.717) is 13.1 Å². The number of benzene rings is 1. The van der Waals surface area contributed by atoms with E-state index in [4.69, 9.17) is 0 Å². The van der Waals surface area contributed by atoms with Crippen molar-refractivity contribution in [1.82, 2.24) is 10.6 Å². The van der Waals surface area contributed by atoms with Crippen LogP contribution in [-0.4, -0.2) is 19.0 Å². The molecule has 1 aromatic rings. The predicted molar refractivity (Wildman–Crippen MR) is 97.3 cm³/mol. The molecule has 19 heavy (non-hydrogen) atoms. The quantitative estimate of drug-likeness (QED) is 0.319. The minimum atomic E-state index is 0. The molecule has 1 rings (SSSR count). The molecular formula is C14H21BrIN3. The Hall–Kier alpha value is -0.560. The van der Waals surface area contributed by atoms with Gasteiger partial charge < -0.3 is 10.6 Å². The van der Waals surface area contributed by atoms with Crippen LogP contribution in [0.3, 0.4) is 0 Å². The molecule has 0 atom stereocenters. The lowest BCUT2D eigenvalue weighted by Gasteiger charge is -2.10. The average molecular weight is 438 g/mol. The van der Waals surface area contributed by atoms with Crippen LogP contribution >= 0.6 is 39.9 Å². The summed E-state index contributed by atoms with van der Waals surface area (Å²) < 4.78 is 1.10. The van der Waals surface area contributed by atoms with Crippen LogP contribution in [0, 0.1) is 6.92 Å². The Morgan fingerprint density at radius 1 is 1.42 bits per heavy atom. The molecule has 1 aromatic carbocycles. The third-order valence-corrected chi connectivity index (χ3v) is 2.96. The number of aliphatic imine (C=N–C) groups is 1. The van der Waals surface area contributed by atoms with E-state index in [1.54, 1.807) is 0 Å². The summed E-state index contributed by atoms with van der Waals surface area (Å²) >= 11 is 3.46. The Labute approximate surface area is 141 Å². The number of guanidine groups is 1. The van der Waals surface area contributed by atoms with E-state index < -0.39 is 0 Å². The zero-order chi connectivity index (χ0) is 13.4. The highest BCUT2D eigenvalue weighted by Gasteiger charge is 1.99. The van der Waals surface area contributed by atoms with Gasteiger partial charge >= 0.3 is 0 Å². The third kappa shape index (κ3) is 6.96. The van der Waals surface area contributed by atoms with Gasteiger partial charge in [-0.3, -0.25) is 0 Å². The maximum absolute atomic E-state index is 4.54. The largest absolute Gasteiger partial charge is 0.357 e. The molecule has 0 spiro atoms. The molecule has 2 N–H and O–H groups in total. The molecule has 0 aliphatic carbocycles. The van der Waals surface area contributed by atoms with Crippen molar-refractivity contribution in [3.63, 3.8) is 0 Å². The van der Waals surface area contributed by atoms with Gasteiger partial charge in [0.2, 0.25) is 0 Å². The van der Waals surface area contributed by atoms with Gasteiger partial charge in [0.05, 0.1) is 6.54 Å². The zero-order valence-electron chi connectivity index (χ0n) is 11.4. The lowest BCUT2D eigenvalue weighted by molar-refractivity contribution is 0.859. The highest BCUT2D eigenvalue weighted by molar-refractivity contribution is 14.0. The van der Waals surface area contributed by atoms with Gasteiger partial charge in [-0.05, 0) is 37.1 Å². The second-order valence-corrected chi connectivity index (χ2v) is 4.85. The fourth-order valence-corrected chi connectivity index (χ4v) is 1.99. The minimum absolute atomic E-state index is 0. The molecule has 0 radical (unpaired) electrons. The number of hydrogen-bond donors (Lipinski definition) is 2. The predicted octanol–water partition coefficient (Wildman–Crippen LogP) is 3.62. The molecule has 0 saturated carbocycles. The van der Waals surface area contributed by atoms with Gasteiger partial charge in [0.25, 0.3) is 0 Å². The number of hydrogen-bond acceptors (Lipinski definition) is 1. The van der Waals surface area contributed by atoms with Crippen molar-refractivity contribution in [1.29, 1.82) is 0 Å². The maximum atomic E-state index is 4.54. The standard InChI is InChI=1S/C14H20BrN3.HI/c1-4-8-17-14(16-5-2)18-10-12-6-7-13(15)9-11(12)3;/h4,6-7,9H,1,5,8,10H2,2-3H3,(H2,16,17,18);1H. The van der Waals surface area contributed by atoms with E-state index in [2.05, 4.69) is 64.1 Å². The lowest BCUT2D eigenvalue weighted by Crippen LogP contribution is -2.37. The van der Waals surface area contributed by atoms with Crippen LogP contribution in [0.25, 0.3) is 0 Å². The summed E-state index contributed by atoms with van der Waals surface area (Å²) in [6, 6.07) is 6.25. The number of rotatable bonds is 5. The molecule has 0 aliphatic rings. The highest BCUT2D eigenvalue weighted by Crippen LogP contribution is 2.16. The van der Waals surface area contributed by atoms with Crippen molar-refractivity contribution in [2.75, 3.05) is 13.1 Å². The minimum Gasteiger partial charge on any atom is -0.357 e. The smallest absolute Gasteiger partial charge is 0.191 e. The van der Waals surface area contributed by atoms with Crippen LogP contribution in [0.2, 0.25) is 0 Å². The van der Waals surface area contributed by atoms with Crippen molar-refractivity contribution in [3.8, 4) is 0 Å². The van der Waals surface area contributed by atoms with Crippen LogP contribution in [0.5, 0.6) is 0 Å². The molecule has 0 fully saturated rings. The molecule has 5 heteroatoms. The fraction of sp³-hybridized carbons (Fsp3) is 0.357. The Bertz CT molecular complexity index is 433. The van der Waals surface area contributed by atoms with Crippen LogP contribution in [0.15, 0.2) is 40.3 Å². The first-order valence-corrected chi connectivity index (χ1v) is 6.84. The van der Waals surface area contributed by atoms with Crippen molar-refractivity contribution >= 4 is 45.9 Å². The molecule has 0 saturated heterocycles. The van der Waals surface area contributed by atoms with E-state index in [1.807, 2.05) is 12.1 Å². The van der Waals surface area contributed by atoms with Gasteiger partial charge in [-0.25, -0.2) is 4.99 Å². The van der Waals surface area contributed by atoms with E-state index >= 15 is 0 Å². The summed E-state index contributed by atoms with van der Waals surface area (Å²) in [6.07, 6.45) is 1.82. The molecule has 0 aliphatic heterocycles. The SMILES string of the molecule is C=CCNC(=NCc1ccc(Br)cc1C)NCC.I. The molecule has 3 nitrogen and oxygen atoms in total. The Morgan fingerprint density at radius 2 is 2.16 bits per heavy atom. The highest BCUT2D eigenvalue weighted by atomic mass is 127. The summed E-state index contributed by atoms with van der Waals surface area (Å²) in [5.41, 5.74) is 2.47. The van der Waals surface area contributed by atoms with Crippen molar-refractivity contribution in [2.45, 2.75) is 20.4 Å². The second kappa shape index (κ2) is 10.3. The van der Waals surface area contributed by atoms with Gasteiger partial charge in [-0.2, -0.15) is 0 Å². The number of aryl methyl sites for hydroxylation is 1. The molecule has 0 heterocycles. The summed E-state index contributed by atoms with van der Waals surface area (Å²) in [4.78, 5) is 4.54. The molecule has 106 valence electrons. The monoisotopic (exact) mass is 437 g/mol. The molecule has 0 unspecified atom stereocenters. The zero-order valence-corrected chi connectivity index (χ0v) is 15.3.